The number of benzene rings is 1. The van der Waals surface area contributed by atoms with Gasteiger partial charge in [-0.05, 0) is 18.6 Å². The molecule has 2 rings (SSSR count). The number of anilines is 1. The van der Waals surface area contributed by atoms with E-state index in [-0.39, 0.29) is 12.5 Å². The van der Waals surface area contributed by atoms with Crippen molar-refractivity contribution in [3.8, 4) is 0 Å². The Bertz CT molecular complexity index is 682. The lowest BCUT2D eigenvalue weighted by Crippen LogP contribution is -2.11. The maximum Gasteiger partial charge on any atom is 0.224 e. The van der Waals surface area contributed by atoms with Crippen LogP contribution in [0.15, 0.2) is 24.4 Å². The highest BCUT2D eigenvalue weighted by molar-refractivity contribution is 6.36. The van der Waals surface area contributed by atoms with E-state index >= 15 is 0 Å². The number of unbranched alkanes of at least 4 members (excludes halogenated alkanes) is 6. The van der Waals surface area contributed by atoms with Crippen molar-refractivity contribution >= 4 is 34.1 Å². The van der Waals surface area contributed by atoms with Crippen LogP contribution in [0.2, 0.25) is 5.02 Å². The molecule has 0 atom stereocenters. The van der Waals surface area contributed by atoms with Gasteiger partial charge in [0.1, 0.15) is 0 Å². The molecular formula is C20H29ClN2O2. The highest BCUT2D eigenvalue weighted by atomic mass is 35.5. The molecule has 25 heavy (non-hydrogen) atoms. The first-order valence-electron chi connectivity index (χ1n) is 9.35. The fourth-order valence-electron chi connectivity index (χ4n) is 3.15. The number of aliphatic hydroxyl groups is 1. The standard InChI is InChI=1S/C20H29ClN2O2/c1-2-3-4-5-6-7-8-12-19(25)22-17-15-23(13-14-24)18-11-9-10-16(21)20(17)18/h9-11,15,24H,2-8,12-14H2,1H3,(H,22,25). The molecule has 0 bridgehead atoms. The summed E-state index contributed by atoms with van der Waals surface area (Å²) in [5, 5.41) is 13.7. The Morgan fingerprint density at radius 2 is 1.88 bits per heavy atom. The molecular weight excluding hydrogens is 336 g/mol. The molecule has 0 unspecified atom stereocenters. The van der Waals surface area contributed by atoms with Crippen LogP contribution < -0.4 is 5.32 Å². The number of fused-ring (bicyclic) bond motifs is 1. The number of hydrogen-bond acceptors (Lipinski definition) is 2. The van der Waals surface area contributed by atoms with Crippen LogP contribution in [-0.4, -0.2) is 22.2 Å². The molecule has 0 fully saturated rings. The summed E-state index contributed by atoms with van der Waals surface area (Å²) in [5.41, 5.74) is 1.65. The van der Waals surface area contributed by atoms with Crippen molar-refractivity contribution in [3.05, 3.63) is 29.4 Å². The molecule has 2 N–H and O–H groups in total. The highest BCUT2D eigenvalue weighted by Crippen LogP contribution is 2.32. The molecule has 0 aliphatic heterocycles. The van der Waals surface area contributed by atoms with Crippen molar-refractivity contribution in [3.63, 3.8) is 0 Å². The van der Waals surface area contributed by atoms with Crippen LogP contribution in [0.1, 0.15) is 58.3 Å². The number of nitrogens with zero attached hydrogens (tertiary/aromatic N) is 1. The lowest BCUT2D eigenvalue weighted by atomic mass is 10.1. The van der Waals surface area contributed by atoms with Crippen LogP contribution in [0.3, 0.4) is 0 Å². The maximum absolute atomic E-state index is 12.3. The van der Waals surface area contributed by atoms with Gasteiger partial charge in [0.05, 0.1) is 22.8 Å². The van der Waals surface area contributed by atoms with Crippen LogP contribution in [0.4, 0.5) is 5.69 Å². The average Bonchev–Trinajstić information content (AvgIpc) is 2.93. The lowest BCUT2D eigenvalue weighted by molar-refractivity contribution is -0.116. The zero-order valence-corrected chi connectivity index (χ0v) is 15.8. The summed E-state index contributed by atoms with van der Waals surface area (Å²) in [6.07, 6.45) is 10.7. The summed E-state index contributed by atoms with van der Waals surface area (Å²) in [5.74, 6) is 0.0246. The number of carbonyl (C=O) groups excluding carboxylic acids is 1. The first-order chi connectivity index (χ1) is 12.2. The number of carbonyl (C=O) groups is 1. The van der Waals surface area contributed by atoms with Crippen LogP contribution in [0.25, 0.3) is 10.9 Å². The van der Waals surface area contributed by atoms with E-state index in [1.807, 2.05) is 29.0 Å². The summed E-state index contributed by atoms with van der Waals surface area (Å²) in [6, 6.07) is 5.64. The minimum absolute atomic E-state index is 0.0246. The number of aromatic nitrogens is 1. The van der Waals surface area contributed by atoms with Crippen molar-refractivity contribution in [2.24, 2.45) is 0 Å². The van der Waals surface area contributed by atoms with Gasteiger partial charge in [-0.1, -0.05) is 63.1 Å². The van der Waals surface area contributed by atoms with Gasteiger partial charge in [0.15, 0.2) is 0 Å². The number of nitrogens with one attached hydrogen (secondary N) is 1. The van der Waals surface area contributed by atoms with Crippen molar-refractivity contribution in [1.29, 1.82) is 0 Å². The molecule has 5 heteroatoms. The summed E-state index contributed by atoms with van der Waals surface area (Å²) < 4.78 is 1.92. The molecule has 1 aromatic carbocycles. The second-order valence-corrected chi connectivity index (χ2v) is 6.92. The number of hydrogen-bond donors (Lipinski definition) is 2. The smallest absolute Gasteiger partial charge is 0.224 e. The Kier molecular flexibility index (Phi) is 8.29. The maximum atomic E-state index is 12.3. The largest absolute Gasteiger partial charge is 0.395 e. The van der Waals surface area contributed by atoms with Crippen molar-refractivity contribution < 1.29 is 9.90 Å². The number of halogens is 1. The number of rotatable bonds is 11. The normalized spacial score (nSPS) is 11.2. The van der Waals surface area contributed by atoms with Crippen LogP contribution in [0.5, 0.6) is 0 Å². The molecule has 0 aliphatic rings. The van der Waals surface area contributed by atoms with Crippen molar-refractivity contribution in [2.45, 2.75) is 64.8 Å². The van der Waals surface area contributed by atoms with Crippen LogP contribution in [0, 0.1) is 0 Å². The van der Waals surface area contributed by atoms with Gasteiger partial charge in [0.25, 0.3) is 0 Å². The second-order valence-electron chi connectivity index (χ2n) is 6.51. The monoisotopic (exact) mass is 364 g/mol. The third-order valence-electron chi connectivity index (χ3n) is 4.48. The molecule has 1 aromatic heterocycles. The van der Waals surface area contributed by atoms with Crippen LogP contribution in [-0.2, 0) is 11.3 Å². The van der Waals surface area contributed by atoms with Gasteiger partial charge in [-0.2, -0.15) is 0 Å². The first-order valence-corrected chi connectivity index (χ1v) is 9.73. The summed E-state index contributed by atoms with van der Waals surface area (Å²) in [4.78, 5) is 12.3. The summed E-state index contributed by atoms with van der Waals surface area (Å²) in [7, 11) is 0. The minimum atomic E-state index is 0.0246. The molecule has 0 saturated carbocycles. The number of amides is 1. The van der Waals surface area contributed by atoms with Gasteiger partial charge in [-0.25, -0.2) is 0 Å². The highest BCUT2D eigenvalue weighted by Gasteiger charge is 2.13. The quantitative estimate of drug-likeness (QED) is 0.527. The first kappa shape index (κ1) is 19.8. The van der Waals surface area contributed by atoms with Gasteiger partial charge in [0.2, 0.25) is 5.91 Å². The molecule has 0 saturated heterocycles. The van der Waals surface area contributed by atoms with Gasteiger partial charge < -0.3 is 15.0 Å². The average molecular weight is 365 g/mol. The predicted octanol–water partition coefficient (Wildman–Crippen LogP) is 5.37. The SMILES string of the molecule is CCCCCCCCCC(=O)Nc1cn(CCO)c2cccc(Cl)c12. The molecule has 0 radical (unpaired) electrons. The Morgan fingerprint density at radius 3 is 2.60 bits per heavy atom. The van der Waals surface area contributed by atoms with Crippen LogP contribution >= 0.6 is 11.6 Å². The van der Waals surface area contributed by atoms with Gasteiger partial charge in [-0.15, -0.1) is 0 Å². The topological polar surface area (TPSA) is 54.3 Å². The summed E-state index contributed by atoms with van der Waals surface area (Å²) in [6.45, 7) is 2.74. The van der Waals surface area contributed by atoms with E-state index in [9.17, 15) is 9.90 Å². The molecule has 1 amide bonds. The molecule has 138 valence electrons. The van der Waals surface area contributed by atoms with Crippen molar-refractivity contribution in [2.75, 3.05) is 11.9 Å². The Morgan fingerprint density at radius 1 is 1.16 bits per heavy atom. The third-order valence-corrected chi connectivity index (χ3v) is 4.79. The Hall–Kier alpha value is -1.52. The molecule has 0 aliphatic carbocycles. The van der Waals surface area contributed by atoms with Crippen molar-refractivity contribution in [1.82, 2.24) is 4.57 Å². The fraction of sp³-hybridized carbons (Fsp3) is 0.550. The zero-order valence-electron chi connectivity index (χ0n) is 15.1. The van der Waals surface area contributed by atoms with E-state index in [1.165, 1.54) is 32.1 Å². The second kappa shape index (κ2) is 10.5. The lowest BCUT2D eigenvalue weighted by Gasteiger charge is -2.05. The minimum Gasteiger partial charge on any atom is -0.395 e. The van der Waals surface area contributed by atoms with Gasteiger partial charge >= 0.3 is 0 Å². The van der Waals surface area contributed by atoms with E-state index in [1.54, 1.807) is 0 Å². The molecule has 1 heterocycles. The third kappa shape index (κ3) is 5.75. The fourth-order valence-corrected chi connectivity index (χ4v) is 3.42. The molecule has 0 spiro atoms. The zero-order chi connectivity index (χ0) is 18.1. The van der Waals surface area contributed by atoms with Gasteiger partial charge in [-0.3, -0.25) is 4.79 Å². The predicted molar refractivity (Wildman–Crippen MR) is 105 cm³/mol. The number of aliphatic hydroxyl groups excluding tert-OH is 1. The van der Waals surface area contributed by atoms with E-state index in [0.29, 0.717) is 18.0 Å². The Labute approximate surface area is 155 Å². The van der Waals surface area contributed by atoms with E-state index in [2.05, 4.69) is 12.2 Å². The summed E-state index contributed by atoms with van der Waals surface area (Å²) >= 11 is 6.32. The van der Waals surface area contributed by atoms with E-state index in [4.69, 9.17) is 11.6 Å². The molecule has 4 nitrogen and oxygen atoms in total. The van der Waals surface area contributed by atoms with Gasteiger partial charge in [0, 0.05) is 24.5 Å². The molecule has 2 aromatic rings. The Balaban J connectivity index is 1.90. The van der Waals surface area contributed by atoms with E-state index in [0.717, 1.165) is 29.4 Å². The van der Waals surface area contributed by atoms with E-state index < -0.39 is 0 Å².